The van der Waals surface area contributed by atoms with E-state index in [1.54, 1.807) is 0 Å². The van der Waals surface area contributed by atoms with Gasteiger partial charge in [0.05, 0.1) is 6.54 Å². The van der Waals surface area contributed by atoms with E-state index < -0.39 is 11.8 Å². The minimum Gasteiger partial charge on any atom is -0.317 e. The van der Waals surface area contributed by atoms with E-state index in [4.69, 9.17) is 0 Å². The van der Waals surface area contributed by atoms with Crippen molar-refractivity contribution in [1.29, 1.82) is 0 Å². The van der Waals surface area contributed by atoms with Crippen molar-refractivity contribution < 1.29 is 8.78 Å². The quantitative estimate of drug-likeness (QED) is 0.801. The number of piperidine rings is 2. The first kappa shape index (κ1) is 12.2. The number of likely N-dealkylation sites (tertiary alicyclic amines) is 1. The summed E-state index contributed by atoms with van der Waals surface area (Å²) in [6.07, 6.45) is 4.63. The molecule has 0 radical (unpaired) electrons. The Bertz CT molecular complexity index is 209. The van der Waals surface area contributed by atoms with Gasteiger partial charge in [0.1, 0.15) is 0 Å². The molecular formula is C12H22F2N2. The molecule has 2 rings (SSSR count). The summed E-state index contributed by atoms with van der Waals surface area (Å²) in [5.41, 5.74) is 0. The van der Waals surface area contributed by atoms with E-state index >= 15 is 0 Å². The van der Waals surface area contributed by atoms with Gasteiger partial charge in [-0.2, -0.15) is 0 Å². The van der Waals surface area contributed by atoms with Gasteiger partial charge >= 0.3 is 0 Å². The Morgan fingerprint density at radius 2 is 1.69 bits per heavy atom. The van der Waals surface area contributed by atoms with E-state index in [2.05, 4.69) is 5.32 Å². The molecule has 0 aliphatic carbocycles. The Hall–Kier alpha value is -0.220. The lowest BCUT2D eigenvalue weighted by atomic mass is 9.90. The highest BCUT2D eigenvalue weighted by Crippen LogP contribution is 2.32. The average Bonchev–Trinajstić information content (AvgIpc) is 2.31. The summed E-state index contributed by atoms with van der Waals surface area (Å²) in [5, 5.41) is 3.14. The average molecular weight is 232 g/mol. The standard InChI is InChI=1S/C12H22F2N2/c13-12(14,11-4-6-15-7-5-11)10-16-8-2-1-3-9-16/h11,15H,1-10H2. The van der Waals surface area contributed by atoms with Crippen molar-refractivity contribution in [3.05, 3.63) is 0 Å². The van der Waals surface area contributed by atoms with Gasteiger partial charge in [-0.25, -0.2) is 8.78 Å². The SMILES string of the molecule is FC(F)(CN1CCCCC1)C1CCNCC1. The third kappa shape index (κ3) is 3.14. The fourth-order valence-corrected chi connectivity index (χ4v) is 2.79. The predicted octanol–water partition coefficient (Wildman–Crippen LogP) is 2.11. The number of nitrogens with one attached hydrogen (secondary N) is 1. The van der Waals surface area contributed by atoms with Crippen LogP contribution in [-0.2, 0) is 0 Å². The van der Waals surface area contributed by atoms with Crippen molar-refractivity contribution in [3.63, 3.8) is 0 Å². The highest BCUT2D eigenvalue weighted by molar-refractivity contribution is 4.85. The van der Waals surface area contributed by atoms with E-state index in [0.29, 0.717) is 12.8 Å². The van der Waals surface area contributed by atoms with E-state index in [0.717, 1.165) is 39.0 Å². The number of nitrogens with zero attached hydrogens (tertiary/aromatic N) is 1. The topological polar surface area (TPSA) is 15.3 Å². The molecule has 0 aromatic rings. The molecule has 2 nitrogen and oxygen atoms in total. The number of rotatable bonds is 3. The minimum atomic E-state index is -2.49. The third-order valence-electron chi connectivity index (χ3n) is 3.82. The van der Waals surface area contributed by atoms with Gasteiger partial charge in [-0.15, -0.1) is 0 Å². The van der Waals surface area contributed by atoms with Crippen LogP contribution in [0.5, 0.6) is 0 Å². The first-order valence-corrected chi connectivity index (χ1v) is 6.49. The third-order valence-corrected chi connectivity index (χ3v) is 3.82. The van der Waals surface area contributed by atoms with Gasteiger partial charge in [-0.1, -0.05) is 6.42 Å². The maximum absolute atomic E-state index is 14.0. The molecule has 0 bridgehead atoms. The zero-order valence-electron chi connectivity index (χ0n) is 9.85. The van der Waals surface area contributed by atoms with E-state index in [1.807, 2.05) is 4.90 Å². The highest BCUT2D eigenvalue weighted by Gasteiger charge is 2.41. The number of hydrogen-bond acceptors (Lipinski definition) is 2. The summed E-state index contributed by atoms with van der Waals surface area (Å²) >= 11 is 0. The van der Waals surface area contributed by atoms with Crippen LogP contribution in [0.1, 0.15) is 32.1 Å². The molecule has 2 saturated heterocycles. The van der Waals surface area contributed by atoms with Crippen LogP contribution < -0.4 is 5.32 Å². The van der Waals surface area contributed by atoms with Gasteiger partial charge in [0, 0.05) is 5.92 Å². The van der Waals surface area contributed by atoms with Crippen LogP contribution in [0.2, 0.25) is 0 Å². The lowest BCUT2D eigenvalue weighted by Gasteiger charge is -2.35. The van der Waals surface area contributed by atoms with Crippen molar-refractivity contribution in [2.24, 2.45) is 5.92 Å². The van der Waals surface area contributed by atoms with Crippen LogP contribution in [0.25, 0.3) is 0 Å². The molecule has 0 unspecified atom stereocenters. The molecule has 2 aliphatic heterocycles. The van der Waals surface area contributed by atoms with E-state index in [-0.39, 0.29) is 6.54 Å². The first-order chi connectivity index (χ1) is 7.68. The summed E-state index contributed by atoms with van der Waals surface area (Å²) in [4.78, 5) is 1.95. The Kier molecular flexibility index (Phi) is 4.14. The molecule has 2 aliphatic rings. The molecule has 94 valence electrons. The fourth-order valence-electron chi connectivity index (χ4n) is 2.79. The van der Waals surface area contributed by atoms with Crippen LogP contribution >= 0.6 is 0 Å². The molecule has 0 atom stereocenters. The van der Waals surface area contributed by atoms with Crippen molar-refractivity contribution in [2.75, 3.05) is 32.7 Å². The fraction of sp³-hybridized carbons (Fsp3) is 1.00. The molecule has 16 heavy (non-hydrogen) atoms. The summed E-state index contributed by atoms with van der Waals surface area (Å²) < 4.78 is 28.0. The van der Waals surface area contributed by atoms with E-state index in [9.17, 15) is 8.78 Å². The van der Waals surface area contributed by atoms with Crippen molar-refractivity contribution >= 4 is 0 Å². The molecule has 2 fully saturated rings. The van der Waals surface area contributed by atoms with Crippen molar-refractivity contribution in [1.82, 2.24) is 10.2 Å². The molecule has 0 amide bonds. The molecule has 0 aromatic carbocycles. The van der Waals surface area contributed by atoms with Gasteiger partial charge < -0.3 is 5.32 Å². The lowest BCUT2D eigenvalue weighted by Crippen LogP contribution is -2.46. The predicted molar refractivity (Wildman–Crippen MR) is 60.8 cm³/mol. The van der Waals surface area contributed by atoms with Crippen molar-refractivity contribution in [3.8, 4) is 0 Å². The van der Waals surface area contributed by atoms with E-state index in [1.165, 1.54) is 6.42 Å². The Morgan fingerprint density at radius 1 is 1.06 bits per heavy atom. The number of hydrogen-bond donors (Lipinski definition) is 1. The largest absolute Gasteiger partial charge is 0.317 e. The second kappa shape index (κ2) is 5.41. The van der Waals surface area contributed by atoms with Crippen LogP contribution in [0.3, 0.4) is 0 Å². The number of alkyl halides is 2. The van der Waals surface area contributed by atoms with Crippen LogP contribution in [0.15, 0.2) is 0 Å². The van der Waals surface area contributed by atoms with Gasteiger partial charge in [0.15, 0.2) is 0 Å². The van der Waals surface area contributed by atoms with Gasteiger partial charge in [0.2, 0.25) is 0 Å². The Balaban J connectivity index is 1.84. The molecule has 4 heteroatoms. The highest BCUT2D eigenvalue weighted by atomic mass is 19.3. The Morgan fingerprint density at radius 3 is 2.31 bits per heavy atom. The summed E-state index contributed by atoms with van der Waals surface area (Å²) in [6, 6.07) is 0. The number of halogens is 2. The van der Waals surface area contributed by atoms with Gasteiger partial charge in [-0.05, 0) is 51.9 Å². The molecule has 1 N–H and O–H groups in total. The molecular weight excluding hydrogens is 210 g/mol. The van der Waals surface area contributed by atoms with Crippen LogP contribution in [0.4, 0.5) is 8.78 Å². The molecule has 2 heterocycles. The lowest BCUT2D eigenvalue weighted by molar-refractivity contribution is -0.0927. The zero-order chi connectivity index (χ0) is 11.4. The maximum Gasteiger partial charge on any atom is 0.263 e. The van der Waals surface area contributed by atoms with Gasteiger partial charge in [-0.3, -0.25) is 4.90 Å². The van der Waals surface area contributed by atoms with Gasteiger partial charge in [0.25, 0.3) is 5.92 Å². The second-order valence-electron chi connectivity index (χ2n) is 5.12. The normalized spacial score (nSPS) is 25.9. The minimum absolute atomic E-state index is 0.0162. The van der Waals surface area contributed by atoms with Crippen LogP contribution in [-0.4, -0.2) is 43.5 Å². The molecule has 0 spiro atoms. The maximum atomic E-state index is 14.0. The monoisotopic (exact) mass is 232 g/mol. The summed E-state index contributed by atoms with van der Waals surface area (Å²) in [6.45, 7) is 3.21. The molecule has 0 aromatic heterocycles. The Labute approximate surface area is 96.4 Å². The second-order valence-corrected chi connectivity index (χ2v) is 5.12. The van der Waals surface area contributed by atoms with Crippen molar-refractivity contribution in [2.45, 2.75) is 38.0 Å². The summed E-state index contributed by atoms with van der Waals surface area (Å²) in [5.74, 6) is -2.89. The first-order valence-electron chi connectivity index (χ1n) is 6.49. The smallest absolute Gasteiger partial charge is 0.263 e. The van der Waals surface area contributed by atoms with Crippen LogP contribution in [0, 0.1) is 5.92 Å². The summed E-state index contributed by atoms with van der Waals surface area (Å²) in [7, 11) is 0. The molecule has 0 saturated carbocycles. The zero-order valence-corrected chi connectivity index (χ0v) is 9.85.